The Morgan fingerprint density at radius 2 is 0.298 bits per heavy atom. The number of hydrogen-bond acceptors (Lipinski definition) is 8. The van der Waals surface area contributed by atoms with Gasteiger partial charge < -0.3 is 42.5 Å². The van der Waals surface area contributed by atoms with Crippen molar-refractivity contribution in [3.63, 3.8) is 0 Å². The Morgan fingerprint density at radius 1 is 0.155 bits per heavy atom. The second-order valence-corrected chi connectivity index (χ2v) is 24.2. The third kappa shape index (κ3) is 8.83. The molecule has 8 bridgehead atoms. The van der Waals surface area contributed by atoms with Gasteiger partial charge in [-0.2, -0.15) is 0 Å². The summed E-state index contributed by atoms with van der Waals surface area (Å²) >= 11 is 0. The van der Waals surface area contributed by atoms with Crippen LogP contribution >= 0.6 is 0 Å². The first kappa shape index (κ1) is 58.2. The van der Waals surface area contributed by atoms with E-state index in [1.165, 1.54) is 0 Å². The zero-order valence-corrected chi connectivity index (χ0v) is 43.6. The molecule has 4 aromatic carbocycles. The first-order valence-electron chi connectivity index (χ1n) is 28.1. The molecule has 84 heavy (non-hydrogen) atoms. The number of fused-ring (bicyclic) bond motifs is 18. The lowest BCUT2D eigenvalue weighted by Crippen LogP contribution is -2.77. The highest BCUT2D eigenvalue weighted by molar-refractivity contribution is 5.39. The van der Waals surface area contributed by atoms with Gasteiger partial charge in [-0.3, -0.25) is 0 Å². The first-order valence-corrected chi connectivity index (χ1v) is 28.1. The Kier molecular flexibility index (Phi) is 14.9. The second kappa shape index (κ2) is 21.5. The molecule has 28 heteroatoms. The fourth-order valence-corrected chi connectivity index (χ4v) is 16.8. The number of nitrogens with one attached hydrogen (secondary N) is 8. The summed E-state index contributed by atoms with van der Waals surface area (Å²) in [6.07, 6.45) is 0.763. The molecule has 0 radical (unpaired) electrons. The highest BCUT2D eigenvalue weighted by Crippen LogP contribution is 2.51. The van der Waals surface area contributed by atoms with Crippen molar-refractivity contribution >= 4 is 0 Å². The average molecular weight is 1220 g/mol. The van der Waals surface area contributed by atoms with Crippen LogP contribution < -0.4 is 42.5 Å². The van der Waals surface area contributed by atoms with Gasteiger partial charge in [-0.1, -0.05) is 0 Å². The van der Waals surface area contributed by atoms with Crippen LogP contribution in [0.5, 0.6) is 0 Å². The highest BCUT2D eigenvalue weighted by atomic mass is 19.2. The van der Waals surface area contributed by atoms with Gasteiger partial charge >= 0.3 is 0 Å². The minimum Gasteiger partial charge on any atom is -0.308 e. The van der Waals surface area contributed by atoms with Crippen molar-refractivity contribution in [2.24, 2.45) is 0 Å². The Bertz CT molecular complexity index is 2790. The van der Waals surface area contributed by atoms with Crippen LogP contribution in [0.25, 0.3) is 0 Å². The lowest BCUT2D eigenvalue weighted by molar-refractivity contribution is 0.0923. The molecule has 9 aliphatic rings. The van der Waals surface area contributed by atoms with E-state index in [0.717, 1.165) is 0 Å². The summed E-state index contributed by atoms with van der Waals surface area (Å²) in [6.45, 7) is 0. The molecule has 8 N–H and O–H groups in total. The first-order chi connectivity index (χ1) is 40.0. The molecule has 0 amide bonds. The smallest absolute Gasteiger partial charge is 0.200 e. The quantitative estimate of drug-likeness (QED) is 0.0583. The van der Waals surface area contributed by atoms with Gasteiger partial charge in [0.2, 0.25) is 23.3 Å². The molecular weight excluding hydrogens is 1160 g/mol. The molecule has 0 spiro atoms. The average Bonchev–Trinajstić information content (AvgIpc) is 1.86. The minimum absolute atomic E-state index is 0.343. The van der Waals surface area contributed by atoms with E-state index in [1.54, 1.807) is 0 Å². The van der Waals surface area contributed by atoms with Gasteiger partial charge in [0.15, 0.2) is 93.1 Å². The van der Waals surface area contributed by atoms with Crippen molar-refractivity contribution in [3.8, 4) is 0 Å². The topological polar surface area (TPSA) is 96.2 Å². The number of benzene rings is 4. The third-order valence-electron chi connectivity index (χ3n) is 20.4. The summed E-state index contributed by atoms with van der Waals surface area (Å²) in [5, 5.41) is 28.1. The van der Waals surface area contributed by atoms with Crippen LogP contribution in [-0.2, 0) is 0 Å². The molecule has 9 fully saturated rings. The van der Waals surface area contributed by atoms with Crippen LogP contribution in [0.1, 0.15) is 123 Å². The van der Waals surface area contributed by atoms with E-state index in [9.17, 15) is 17.6 Å². The van der Waals surface area contributed by atoms with Gasteiger partial charge in [0.1, 0.15) is 0 Å². The van der Waals surface area contributed by atoms with E-state index in [4.69, 9.17) is 0 Å². The van der Waals surface area contributed by atoms with Crippen molar-refractivity contribution < 1.29 is 87.8 Å². The largest absolute Gasteiger partial charge is 0.308 e. The molecule has 8 nitrogen and oxygen atoms in total. The van der Waals surface area contributed by atoms with Gasteiger partial charge in [-0.05, 0) is 77.0 Å². The maximum Gasteiger partial charge on any atom is 0.200 e. The standard InChI is InChI=1S/C56H52F20N8/c57-29-25(30(58)38(66)45(73)37(29)65)13-1-2-14(26-31(59)39(67)46(74)40(68)32(26)60)50-49(13)81-53-21-9-5-17(77-21)18-7-11-23(79-18)55-56(24-12-8-20(80-24)19-6-10-22(78-19)54(53)82-50)84-52-16(28-35(63)43(71)48(76)44(72)36(28)64)4-3-15(51(52)83-55)27-33(61)41(69)47(75)42(70)34(27)62/h13-24,49-56,77-84H,1-12H2. The van der Waals surface area contributed by atoms with Gasteiger partial charge in [0.05, 0.1) is 0 Å². The van der Waals surface area contributed by atoms with Crippen LogP contribution in [0.15, 0.2) is 0 Å². The predicted octanol–water partition coefficient (Wildman–Crippen LogP) is 9.32. The highest BCUT2D eigenvalue weighted by Gasteiger charge is 2.58. The molecule has 0 aromatic heterocycles. The predicted molar refractivity (Wildman–Crippen MR) is 257 cm³/mol. The van der Waals surface area contributed by atoms with Gasteiger partial charge in [0, 0.05) is 143 Å². The van der Waals surface area contributed by atoms with E-state index < -0.39 is 285 Å². The summed E-state index contributed by atoms with van der Waals surface area (Å²) < 4.78 is 306. The monoisotopic (exact) mass is 1220 g/mol. The number of rotatable bonds is 4. The van der Waals surface area contributed by atoms with E-state index in [2.05, 4.69) is 42.5 Å². The van der Waals surface area contributed by atoms with Crippen LogP contribution in [0, 0.1) is 116 Å². The molecule has 20 unspecified atom stereocenters. The van der Waals surface area contributed by atoms with Crippen molar-refractivity contribution in [2.45, 2.75) is 197 Å². The van der Waals surface area contributed by atoms with Crippen molar-refractivity contribution in [1.29, 1.82) is 0 Å². The van der Waals surface area contributed by atoms with Crippen molar-refractivity contribution in [1.82, 2.24) is 42.5 Å². The molecule has 13 rings (SSSR count). The summed E-state index contributed by atoms with van der Waals surface area (Å²) in [7, 11) is 0. The fraction of sp³-hybridized carbons (Fsp3) is 0.571. The molecule has 456 valence electrons. The molecule has 20 atom stereocenters. The minimum atomic E-state index is -2.45. The van der Waals surface area contributed by atoms with Gasteiger partial charge in [-0.15, -0.1) is 0 Å². The molecule has 2 aliphatic carbocycles. The lowest BCUT2D eigenvalue weighted by atomic mass is 9.66. The van der Waals surface area contributed by atoms with E-state index in [1.807, 2.05) is 0 Å². The number of halogens is 20. The van der Waals surface area contributed by atoms with Crippen molar-refractivity contribution in [3.05, 3.63) is 139 Å². The second-order valence-electron chi connectivity index (χ2n) is 24.2. The van der Waals surface area contributed by atoms with E-state index in [-0.39, 0.29) is 0 Å². The maximum atomic E-state index is 15.9. The Morgan fingerprint density at radius 3 is 0.464 bits per heavy atom. The molecule has 7 aliphatic heterocycles. The Hall–Kier alpha value is -4.84. The summed E-state index contributed by atoms with van der Waals surface area (Å²) in [5.74, 6) is -51.8. The molecule has 7 saturated heterocycles. The molecule has 4 aromatic rings. The summed E-state index contributed by atoms with van der Waals surface area (Å²) in [5.41, 5.74) is -4.97. The van der Waals surface area contributed by atoms with Crippen LogP contribution in [0.2, 0.25) is 0 Å². The fourth-order valence-electron chi connectivity index (χ4n) is 16.8. The molecule has 7 heterocycles. The zero-order chi connectivity index (χ0) is 59.5. The van der Waals surface area contributed by atoms with Gasteiger partial charge in [-0.25, -0.2) is 87.8 Å². The third-order valence-corrected chi connectivity index (χ3v) is 20.4. The van der Waals surface area contributed by atoms with Crippen LogP contribution in [-0.4, -0.2) is 96.7 Å². The Balaban J connectivity index is 0.875. The molecular formula is C56H52F20N8. The number of hydrogen-bond donors (Lipinski definition) is 8. The SMILES string of the molecule is Fc1c(F)c(F)c(C2CCC(c3c(F)c(F)c(F)c(F)c3F)C3NC4C5CCC(N5)C5CCC(N5)C5NC6C(c7c(F)c(F)c(F)c(F)c7F)CCC(c7c(F)c(F)c(F)c(F)c7F)C6NC5C5CCC(N5)C5CCC(N5)C4NC23)c(F)c1F. The van der Waals surface area contributed by atoms with E-state index >= 15 is 70.2 Å². The summed E-state index contributed by atoms with van der Waals surface area (Å²) in [6, 6.07) is -13.5. The van der Waals surface area contributed by atoms with Crippen molar-refractivity contribution in [2.75, 3.05) is 0 Å². The number of piperazine rings is 2. The van der Waals surface area contributed by atoms with E-state index in [0.29, 0.717) is 51.4 Å². The maximum absolute atomic E-state index is 15.9. The van der Waals surface area contributed by atoms with Crippen LogP contribution in [0.3, 0.4) is 0 Å². The van der Waals surface area contributed by atoms with Crippen LogP contribution in [0.4, 0.5) is 87.8 Å². The Labute approximate surface area is 465 Å². The lowest BCUT2D eigenvalue weighted by Gasteiger charge is -2.55. The zero-order valence-electron chi connectivity index (χ0n) is 43.6. The summed E-state index contributed by atoms with van der Waals surface area (Å²) in [4.78, 5) is 0. The normalized spacial score (nSPS) is 37.3. The van der Waals surface area contributed by atoms with Gasteiger partial charge in [0.25, 0.3) is 0 Å². The molecule has 2 saturated carbocycles.